The first kappa shape index (κ1) is 22.3. The minimum atomic E-state index is -1.19. The van der Waals surface area contributed by atoms with Gasteiger partial charge < -0.3 is 21.3 Å². The Balaban J connectivity index is 1.65. The molecule has 0 radical (unpaired) electrons. The van der Waals surface area contributed by atoms with E-state index in [-0.39, 0.29) is 18.7 Å². The molecule has 2 amide bonds. The Hall–Kier alpha value is -2.35. The van der Waals surface area contributed by atoms with Crippen molar-refractivity contribution >= 4 is 41.3 Å². The van der Waals surface area contributed by atoms with Crippen molar-refractivity contribution in [1.29, 1.82) is 0 Å². The van der Waals surface area contributed by atoms with E-state index in [9.17, 15) is 19.5 Å². The van der Waals surface area contributed by atoms with E-state index in [0.29, 0.717) is 22.0 Å². The van der Waals surface area contributed by atoms with Gasteiger partial charge in [-0.05, 0) is 13.3 Å². The number of rotatable bonds is 9. The van der Waals surface area contributed by atoms with Crippen LogP contribution in [-0.2, 0) is 20.1 Å². The van der Waals surface area contributed by atoms with E-state index in [2.05, 4.69) is 20.7 Å². The first-order valence-electron chi connectivity index (χ1n) is 9.04. The lowest BCUT2D eigenvalue weighted by Crippen LogP contribution is -2.71. The maximum Gasteiger partial charge on any atom is 0.353 e. The van der Waals surface area contributed by atoms with Crippen molar-refractivity contribution in [2.45, 2.75) is 36.6 Å². The largest absolute Gasteiger partial charge is 0.477 e. The average Bonchev–Trinajstić information content (AvgIpc) is 3.26. The maximum absolute atomic E-state index is 12.6. The fraction of sp³-hybridized carbons (Fsp3) is 0.471. The van der Waals surface area contributed by atoms with Gasteiger partial charge in [0.2, 0.25) is 5.91 Å². The third kappa shape index (κ3) is 4.69. The van der Waals surface area contributed by atoms with Gasteiger partial charge in [0.25, 0.3) is 5.91 Å². The van der Waals surface area contributed by atoms with Crippen LogP contribution in [-0.4, -0.2) is 78.1 Å². The number of carboxylic acids is 1. The van der Waals surface area contributed by atoms with Gasteiger partial charge in [-0.2, -0.15) is 0 Å². The smallest absolute Gasteiger partial charge is 0.353 e. The van der Waals surface area contributed by atoms with Crippen LogP contribution in [0.1, 0.15) is 19.0 Å². The summed E-state index contributed by atoms with van der Waals surface area (Å²) in [7, 11) is 0. The second-order valence-electron chi connectivity index (χ2n) is 6.79. The summed E-state index contributed by atoms with van der Waals surface area (Å²) in [5.74, 6) is -1.32. The minimum Gasteiger partial charge on any atom is -0.477 e. The van der Waals surface area contributed by atoms with Crippen LogP contribution in [0.15, 0.2) is 28.4 Å². The van der Waals surface area contributed by atoms with Crippen LogP contribution in [0, 0.1) is 0 Å². The summed E-state index contributed by atoms with van der Waals surface area (Å²) in [6, 6.07) is -1.69. The van der Waals surface area contributed by atoms with Gasteiger partial charge in [0.15, 0.2) is 0 Å². The summed E-state index contributed by atoms with van der Waals surface area (Å²) in [4.78, 5) is 38.6. The Bertz CT molecular complexity index is 887. The number of hydrogen-bond donors (Lipinski definition) is 5. The highest BCUT2D eigenvalue weighted by atomic mass is 32.2. The predicted molar refractivity (Wildman–Crippen MR) is 111 cm³/mol. The third-order valence-corrected chi connectivity index (χ3v) is 7.21. The van der Waals surface area contributed by atoms with E-state index < -0.39 is 35.2 Å². The number of fused-ring (bicyclic) bond motifs is 1. The predicted octanol–water partition coefficient (Wildman–Crippen LogP) is -0.610. The SMILES string of the molecule is C/C(=C\CC(N)C(=O)NC1C(=O)N2C(C(=O)O)=C(SCc3cnn[nH]3)CS[C@H]12)CO. The lowest BCUT2D eigenvalue weighted by molar-refractivity contribution is -0.150. The van der Waals surface area contributed by atoms with Crippen molar-refractivity contribution in [3.05, 3.63) is 34.1 Å². The first-order chi connectivity index (χ1) is 14.3. The molecule has 3 atom stereocenters. The normalized spacial score (nSPS) is 22.4. The zero-order valence-electron chi connectivity index (χ0n) is 16.1. The van der Waals surface area contributed by atoms with Gasteiger partial charge in [-0.25, -0.2) is 4.79 Å². The highest BCUT2D eigenvalue weighted by molar-refractivity contribution is 8.05. The van der Waals surface area contributed by atoms with Gasteiger partial charge in [-0.15, -0.1) is 28.6 Å². The molecule has 2 aliphatic rings. The van der Waals surface area contributed by atoms with E-state index in [1.165, 1.54) is 28.4 Å². The number of β-lactam (4-membered cyclic amide) rings is 1. The average molecular weight is 455 g/mol. The molecule has 3 rings (SSSR count). The lowest BCUT2D eigenvalue weighted by atomic mass is 10.0. The van der Waals surface area contributed by atoms with Crippen molar-refractivity contribution in [3.8, 4) is 0 Å². The zero-order chi connectivity index (χ0) is 21.8. The standard InChI is InChI=1S/C17H22N6O5S2/c1-8(5-24)2-3-10(18)14(25)20-12-15(26)23-13(17(27)28)11(7-30-16(12)23)29-6-9-4-19-22-21-9/h2,4,10,12,16,24H,3,5-7,18H2,1H3,(H,20,25)(H,27,28)(H,19,21,22)/b8-2+/t10?,12?,16-/m1/s1. The number of H-pyrrole nitrogens is 1. The van der Waals surface area contributed by atoms with Crippen LogP contribution in [0.3, 0.4) is 0 Å². The monoisotopic (exact) mass is 454 g/mol. The van der Waals surface area contributed by atoms with Crippen LogP contribution in [0.2, 0.25) is 0 Å². The Morgan fingerprint density at radius 1 is 1.57 bits per heavy atom. The summed E-state index contributed by atoms with van der Waals surface area (Å²) in [5.41, 5.74) is 7.23. The number of aromatic amines is 1. The number of carbonyl (C=O) groups excluding carboxylic acids is 2. The summed E-state index contributed by atoms with van der Waals surface area (Å²) in [6.45, 7) is 1.60. The molecule has 11 nitrogen and oxygen atoms in total. The number of carbonyl (C=O) groups is 3. The number of thioether (sulfide) groups is 2. The van der Waals surface area contributed by atoms with Crippen molar-refractivity contribution in [2.24, 2.45) is 5.73 Å². The van der Waals surface area contributed by atoms with Crippen molar-refractivity contribution in [1.82, 2.24) is 25.6 Å². The number of carboxylic acid groups (broad SMARTS) is 1. The van der Waals surface area contributed by atoms with Crippen molar-refractivity contribution < 1.29 is 24.6 Å². The second-order valence-corrected chi connectivity index (χ2v) is 8.97. The van der Waals surface area contributed by atoms with Gasteiger partial charge in [0, 0.05) is 16.4 Å². The second kappa shape index (κ2) is 9.64. The van der Waals surface area contributed by atoms with Gasteiger partial charge in [-0.1, -0.05) is 16.9 Å². The number of amides is 2. The van der Waals surface area contributed by atoms with Gasteiger partial charge in [0.1, 0.15) is 17.1 Å². The Kier molecular flexibility index (Phi) is 7.18. The van der Waals surface area contributed by atoms with Crippen molar-refractivity contribution in [3.63, 3.8) is 0 Å². The summed E-state index contributed by atoms with van der Waals surface area (Å²) in [6.07, 6.45) is 3.44. The molecule has 3 heterocycles. The number of aliphatic carboxylic acids is 1. The van der Waals surface area contributed by atoms with E-state index in [1.54, 1.807) is 19.2 Å². The summed E-state index contributed by atoms with van der Waals surface area (Å²) in [5, 5.41) is 30.8. The number of nitrogens with two attached hydrogens (primary N) is 1. The molecule has 13 heteroatoms. The van der Waals surface area contributed by atoms with Gasteiger partial charge in [0.05, 0.1) is 24.5 Å². The zero-order valence-corrected chi connectivity index (χ0v) is 17.7. The molecule has 2 aliphatic heterocycles. The third-order valence-electron chi connectivity index (χ3n) is 4.61. The van der Waals surface area contributed by atoms with Crippen LogP contribution in [0.5, 0.6) is 0 Å². The number of nitrogens with zero attached hydrogens (tertiary/aromatic N) is 3. The molecule has 1 aromatic heterocycles. The first-order valence-corrected chi connectivity index (χ1v) is 11.1. The van der Waals surface area contributed by atoms with Crippen LogP contribution >= 0.6 is 23.5 Å². The number of aliphatic hydroxyl groups excluding tert-OH is 1. The summed E-state index contributed by atoms with van der Waals surface area (Å²) < 4.78 is 0. The van der Waals surface area contributed by atoms with Crippen LogP contribution < -0.4 is 11.1 Å². The van der Waals surface area contributed by atoms with Crippen molar-refractivity contribution in [2.75, 3.05) is 12.4 Å². The maximum atomic E-state index is 12.6. The molecular weight excluding hydrogens is 432 g/mol. The summed E-state index contributed by atoms with van der Waals surface area (Å²) >= 11 is 2.69. The highest BCUT2D eigenvalue weighted by Crippen LogP contribution is 2.43. The molecule has 1 saturated heterocycles. The molecule has 0 aromatic carbocycles. The fourth-order valence-electron chi connectivity index (χ4n) is 2.92. The Morgan fingerprint density at radius 3 is 2.97 bits per heavy atom. The Labute approximate surface area is 180 Å². The lowest BCUT2D eigenvalue weighted by Gasteiger charge is -2.49. The van der Waals surface area contributed by atoms with Crippen LogP contribution in [0.25, 0.3) is 0 Å². The molecule has 162 valence electrons. The number of aromatic nitrogens is 3. The fourth-order valence-corrected chi connectivity index (χ4v) is 5.44. The number of nitrogens with one attached hydrogen (secondary N) is 2. The molecule has 1 fully saturated rings. The Morgan fingerprint density at radius 2 is 2.33 bits per heavy atom. The molecule has 2 unspecified atom stereocenters. The van der Waals surface area contributed by atoms with Gasteiger partial charge >= 0.3 is 5.97 Å². The topological polar surface area (TPSA) is 175 Å². The number of aliphatic hydroxyl groups is 1. The number of hydrogen-bond acceptors (Lipinski definition) is 9. The molecule has 1 aromatic rings. The molecule has 0 aliphatic carbocycles. The molecular formula is C17H22N6O5S2. The molecule has 0 spiro atoms. The van der Waals surface area contributed by atoms with E-state index in [4.69, 9.17) is 10.8 Å². The highest BCUT2D eigenvalue weighted by Gasteiger charge is 2.54. The quantitative estimate of drug-likeness (QED) is 0.239. The van der Waals surface area contributed by atoms with E-state index >= 15 is 0 Å². The molecule has 6 N–H and O–H groups in total. The molecule has 0 saturated carbocycles. The van der Waals surface area contributed by atoms with E-state index in [1.807, 2.05) is 0 Å². The van der Waals surface area contributed by atoms with E-state index in [0.717, 1.165) is 5.69 Å². The molecule has 30 heavy (non-hydrogen) atoms. The minimum absolute atomic E-state index is 0.0578. The van der Waals surface area contributed by atoms with Gasteiger partial charge in [-0.3, -0.25) is 19.6 Å². The van der Waals surface area contributed by atoms with Crippen LogP contribution in [0.4, 0.5) is 0 Å². The molecule has 0 bridgehead atoms.